The molecule has 0 atom stereocenters. The quantitative estimate of drug-likeness (QED) is 0.874. The minimum atomic E-state index is -0.399. The molecule has 0 fully saturated rings. The lowest BCUT2D eigenvalue weighted by molar-refractivity contribution is 0.0710. The predicted octanol–water partition coefficient (Wildman–Crippen LogP) is 2.04. The Hall–Kier alpha value is 0.1000. The lowest BCUT2D eigenvalue weighted by Gasteiger charge is -2.23. The molecule has 0 aliphatic rings. The number of rotatable bonds is 4. The van der Waals surface area contributed by atoms with Crippen molar-refractivity contribution in [3.05, 3.63) is 20.8 Å². The fourth-order valence-corrected chi connectivity index (χ4v) is 2.73. The molecule has 0 unspecified atom stereocenters. The monoisotopic (exact) mass is 264 g/mol. The molecule has 0 saturated carbocycles. The lowest BCUT2D eigenvalue weighted by Crippen LogP contribution is -2.28. The van der Waals surface area contributed by atoms with Crippen LogP contribution in [-0.4, -0.2) is 23.4 Å². The molecule has 74 valence electrons. The number of hydrogen-bond donors (Lipinski definition) is 2. The molecule has 0 saturated heterocycles. The fraction of sp³-hybridized carbons (Fsp3) is 0.556. The highest BCUT2D eigenvalue weighted by atomic mass is 79.9. The normalized spacial score (nSPS) is 12.0. The molecular formula is C9H13BrO2S. The molecule has 0 bridgehead atoms. The number of aliphatic hydroxyl groups is 2. The fourth-order valence-electron chi connectivity index (χ4n) is 1.03. The number of hydrogen-bond acceptors (Lipinski definition) is 3. The summed E-state index contributed by atoms with van der Waals surface area (Å²) >= 11 is 5.02. The maximum absolute atomic E-state index is 9.09. The first kappa shape index (κ1) is 11.2. The van der Waals surface area contributed by atoms with E-state index in [9.17, 15) is 0 Å². The third-order valence-corrected chi connectivity index (χ3v) is 3.62. The maximum atomic E-state index is 9.09. The highest BCUT2D eigenvalue weighted by Gasteiger charge is 2.23. The molecule has 4 heteroatoms. The molecule has 2 nitrogen and oxygen atoms in total. The van der Waals surface area contributed by atoms with Gasteiger partial charge in [0, 0.05) is 10.3 Å². The van der Waals surface area contributed by atoms with Crippen molar-refractivity contribution in [2.45, 2.75) is 13.3 Å². The van der Waals surface area contributed by atoms with Crippen LogP contribution in [0.5, 0.6) is 0 Å². The summed E-state index contributed by atoms with van der Waals surface area (Å²) in [6, 6.07) is 3.99. The van der Waals surface area contributed by atoms with Crippen LogP contribution in [0.4, 0.5) is 0 Å². The first-order valence-electron chi connectivity index (χ1n) is 4.05. The molecule has 1 heterocycles. The van der Waals surface area contributed by atoms with Crippen LogP contribution in [0.2, 0.25) is 0 Å². The van der Waals surface area contributed by atoms with Gasteiger partial charge in [0.25, 0.3) is 0 Å². The van der Waals surface area contributed by atoms with E-state index in [1.165, 1.54) is 4.88 Å². The summed E-state index contributed by atoms with van der Waals surface area (Å²) in [4.78, 5) is 1.18. The van der Waals surface area contributed by atoms with Gasteiger partial charge in [0.15, 0.2) is 0 Å². The lowest BCUT2D eigenvalue weighted by atomic mass is 9.88. The summed E-state index contributed by atoms with van der Waals surface area (Å²) in [7, 11) is 0. The molecule has 0 aliphatic heterocycles. The van der Waals surface area contributed by atoms with Gasteiger partial charge < -0.3 is 10.2 Å². The van der Waals surface area contributed by atoms with Gasteiger partial charge in [0.2, 0.25) is 0 Å². The summed E-state index contributed by atoms with van der Waals surface area (Å²) in [5, 5.41) is 18.2. The van der Waals surface area contributed by atoms with Gasteiger partial charge in [-0.1, -0.05) is 6.92 Å². The van der Waals surface area contributed by atoms with Crippen molar-refractivity contribution in [3.63, 3.8) is 0 Å². The highest BCUT2D eigenvalue weighted by Crippen LogP contribution is 2.28. The molecule has 13 heavy (non-hydrogen) atoms. The van der Waals surface area contributed by atoms with E-state index in [0.29, 0.717) is 0 Å². The predicted molar refractivity (Wildman–Crippen MR) is 58.0 cm³/mol. The van der Waals surface area contributed by atoms with Crippen LogP contribution in [0.25, 0.3) is 0 Å². The van der Waals surface area contributed by atoms with E-state index in [4.69, 9.17) is 10.2 Å². The standard InChI is InChI=1S/C9H13BrO2S/c1-9(5-11,6-12)4-7-2-3-8(10)13-7/h2-3,11-12H,4-6H2,1H3. The molecule has 0 aliphatic carbocycles. The van der Waals surface area contributed by atoms with Gasteiger partial charge in [-0.2, -0.15) is 0 Å². The van der Waals surface area contributed by atoms with Crippen molar-refractivity contribution in [2.24, 2.45) is 5.41 Å². The van der Waals surface area contributed by atoms with Crippen molar-refractivity contribution < 1.29 is 10.2 Å². The summed E-state index contributed by atoms with van der Waals surface area (Å²) in [5.74, 6) is 0. The van der Waals surface area contributed by atoms with Crippen molar-refractivity contribution in [2.75, 3.05) is 13.2 Å². The SMILES string of the molecule is CC(CO)(CO)Cc1ccc(Br)s1. The zero-order valence-electron chi connectivity index (χ0n) is 7.46. The summed E-state index contributed by atoms with van der Waals surface area (Å²) in [5.41, 5.74) is -0.399. The Labute approximate surface area is 90.4 Å². The van der Waals surface area contributed by atoms with Crippen molar-refractivity contribution in [1.82, 2.24) is 0 Å². The third kappa shape index (κ3) is 3.06. The van der Waals surface area contributed by atoms with Crippen LogP contribution in [-0.2, 0) is 6.42 Å². The van der Waals surface area contributed by atoms with E-state index in [-0.39, 0.29) is 13.2 Å². The average Bonchev–Trinajstić information content (AvgIpc) is 2.51. The second-order valence-electron chi connectivity index (χ2n) is 3.51. The van der Waals surface area contributed by atoms with E-state index in [0.717, 1.165) is 10.2 Å². The van der Waals surface area contributed by atoms with E-state index < -0.39 is 5.41 Å². The van der Waals surface area contributed by atoms with E-state index in [1.807, 2.05) is 19.1 Å². The Kier molecular flexibility index (Phi) is 3.91. The number of halogens is 1. The maximum Gasteiger partial charge on any atom is 0.0701 e. The van der Waals surface area contributed by atoms with Crippen LogP contribution in [0.1, 0.15) is 11.8 Å². The summed E-state index contributed by atoms with van der Waals surface area (Å²) in [6.45, 7) is 1.90. The Morgan fingerprint density at radius 2 is 2.00 bits per heavy atom. The molecule has 0 aromatic carbocycles. The van der Waals surface area contributed by atoms with E-state index in [2.05, 4.69) is 15.9 Å². The van der Waals surface area contributed by atoms with Crippen LogP contribution >= 0.6 is 27.3 Å². The van der Waals surface area contributed by atoms with Gasteiger partial charge in [-0.05, 0) is 34.5 Å². The molecule has 0 amide bonds. The molecule has 1 aromatic heterocycles. The van der Waals surface area contributed by atoms with Gasteiger partial charge >= 0.3 is 0 Å². The number of thiophene rings is 1. The summed E-state index contributed by atoms with van der Waals surface area (Å²) in [6.07, 6.45) is 0.719. The van der Waals surface area contributed by atoms with E-state index >= 15 is 0 Å². The molecule has 1 aromatic rings. The Balaban J connectivity index is 2.67. The first-order chi connectivity index (χ1) is 6.09. The molecule has 2 N–H and O–H groups in total. The minimum Gasteiger partial charge on any atom is -0.396 e. The van der Waals surface area contributed by atoms with Crippen molar-refractivity contribution >= 4 is 27.3 Å². The van der Waals surface area contributed by atoms with Crippen molar-refractivity contribution in [3.8, 4) is 0 Å². The second-order valence-corrected chi connectivity index (χ2v) is 6.06. The van der Waals surface area contributed by atoms with Gasteiger partial charge in [-0.25, -0.2) is 0 Å². The Morgan fingerprint density at radius 1 is 1.38 bits per heavy atom. The summed E-state index contributed by atoms with van der Waals surface area (Å²) < 4.78 is 1.08. The third-order valence-electron chi connectivity index (χ3n) is 1.99. The average molecular weight is 265 g/mol. The largest absolute Gasteiger partial charge is 0.396 e. The van der Waals surface area contributed by atoms with Gasteiger partial charge in [-0.3, -0.25) is 0 Å². The van der Waals surface area contributed by atoms with Crippen molar-refractivity contribution in [1.29, 1.82) is 0 Å². The van der Waals surface area contributed by atoms with Crippen LogP contribution in [0.15, 0.2) is 15.9 Å². The van der Waals surface area contributed by atoms with E-state index in [1.54, 1.807) is 11.3 Å². The molecule has 0 radical (unpaired) electrons. The second kappa shape index (κ2) is 4.55. The molecule has 0 spiro atoms. The number of aliphatic hydroxyl groups excluding tert-OH is 2. The smallest absolute Gasteiger partial charge is 0.0701 e. The first-order valence-corrected chi connectivity index (χ1v) is 5.66. The molecule has 1 rings (SSSR count). The molecular weight excluding hydrogens is 252 g/mol. The van der Waals surface area contributed by atoms with Gasteiger partial charge in [0.1, 0.15) is 0 Å². The topological polar surface area (TPSA) is 40.5 Å². The Morgan fingerprint density at radius 3 is 2.38 bits per heavy atom. The van der Waals surface area contributed by atoms with Crippen LogP contribution in [0, 0.1) is 5.41 Å². The van der Waals surface area contributed by atoms with Crippen LogP contribution in [0.3, 0.4) is 0 Å². The van der Waals surface area contributed by atoms with Gasteiger partial charge in [0.05, 0.1) is 17.0 Å². The van der Waals surface area contributed by atoms with Crippen LogP contribution < -0.4 is 0 Å². The highest BCUT2D eigenvalue weighted by molar-refractivity contribution is 9.11. The minimum absolute atomic E-state index is 0.0129. The zero-order valence-corrected chi connectivity index (χ0v) is 9.86. The van der Waals surface area contributed by atoms with Gasteiger partial charge in [-0.15, -0.1) is 11.3 Å². The Bertz CT molecular complexity index is 268. The zero-order chi connectivity index (χ0) is 9.90.